The molecule has 14 heavy (non-hydrogen) atoms. The molecular formula is C12H14N2. The third-order valence-corrected chi connectivity index (χ3v) is 2.75. The van der Waals surface area contributed by atoms with Crippen LogP contribution in [-0.2, 0) is 6.42 Å². The zero-order valence-corrected chi connectivity index (χ0v) is 8.62. The van der Waals surface area contributed by atoms with Gasteiger partial charge in [-0.15, -0.1) is 0 Å². The van der Waals surface area contributed by atoms with Crippen molar-refractivity contribution in [3.8, 4) is 0 Å². The van der Waals surface area contributed by atoms with Crippen LogP contribution in [0.2, 0.25) is 0 Å². The molecule has 0 saturated heterocycles. The summed E-state index contributed by atoms with van der Waals surface area (Å²) in [7, 11) is 0. The van der Waals surface area contributed by atoms with Crippen molar-refractivity contribution >= 4 is 11.4 Å². The number of para-hydroxylation sites is 1. The largest absolute Gasteiger partial charge is 0.377 e. The summed E-state index contributed by atoms with van der Waals surface area (Å²) >= 11 is 0. The highest BCUT2D eigenvalue weighted by Crippen LogP contribution is 2.38. The van der Waals surface area contributed by atoms with Crippen LogP contribution < -0.4 is 4.90 Å². The van der Waals surface area contributed by atoms with Crippen molar-refractivity contribution in [1.29, 1.82) is 0 Å². The molecule has 0 radical (unpaired) electrons. The number of hydrogen-bond donors (Lipinski definition) is 0. The lowest BCUT2D eigenvalue weighted by Gasteiger charge is -2.25. The van der Waals surface area contributed by atoms with Crippen LogP contribution in [0.15, 0.2) is 18.2 Å². The van der Waals surface area contributed by atoms with Crippen LogP contribution in [0.3, 0.4) is 0 Å². The smallest absolute Gasteiger partial charge is 0.210 e. The van der Waals surface area contributed by atoms with Gasteiger partial charge in [-0.05, 0) is 25.8 Å². The average molecular weight is 186 g/mol. The molecule has 0 N–H and O–H groups in total. The molecule has 1 aromatic rings. The van der Waals surface area contributed by atoms with E-state index in [4.69, 9.17) is 6.57 Å². The van der Waals surface area contributed by atoms with Gasteiger partial charge in [0.05, 0.1) is 6.57 Å². The van der Waals surface area contributed by atoms with Gasteiger partial charge in [0.15, 0.2) is 0 Å². The van der Waals surface area contributed by atoms with Crippen molar-refractivity contribution < 1.29 is 0 Å². The molecule has 0 spiro atoms. The zero-order valence-electron chi connectivity index (χ0n) is 8.62. The van der Waals surface area contributed by atoms with Gasteiger partial charge in [-0.2, -0.15) is 0 Å². The first kappa shape index (κ1) is 9.08. The van der Waals surface area contributed by atoms with Crippen molar-refractivity contribution in [3.63, 3.8) is 0 Å². The lowest BCUT2D eigenvalue weighted by molar-refractivity contribution is 0.711. The van der Waals surface area contributed by atoms with E-state index >= 15 is 0 Å². The molecule has 1 aliphatic heterocycles. The van der Waals surface area contributed by atoms with Gasteiger partial charge in [-0.3, -0.25) is 0 Å². The Bertz CT molecular complexity index is 388. The third-order valence-electron chi connectivity index (χ3n) is 2.75. The molecule has 0 aromatic heterocycles. The maximum atomic E-state index is 7.14. The van der Waals surface area contributed by atoms with Crippen LogP contribution in [0.25, 0.3) is 4.85 Å². The summed E-state index contributed by atoms with van der Waals surface area (Å²) < 4.78 is 0. The molecule has 0 unspecified atom stereocenters. The van der Waals surface area contributed by atoms with E-state index in [1.807, 2.05) is 12.1 Å². The topological polar surface area (TPSA) is 7.60 Å². The van der Waals surface area contributed by atoms with E-state index in [1.54, 1.807) is 0 Å². The predicted molar refractivity (Wildman–Crippen MR) is 58.9 cm³/mol. The van der Waals surface area contributed by atoms with E-state index in [0.717, 1.165) is 24.3 Å². The first-order chi connectivity index (χ1) is 6.74. The molecule has 0 saturated carbocycles. The Kier molecular flexibility index (Phi) is 2.17. The monoisotopic (exact) mass is 186 g/mol. The minimum atomic E-state index is 0.485. The van der Waals surface area contributed by atoms with Gasteiger partial charge in [0.1, 0.15) is 0 Å². The quantitative estimate of drug-likeness (QED) is 0.612. The molecule has 1 aromatic carbocycles. The Morgan fingerprint density at radius 3 is 2.86 bits per heavy atom. The summed E-state index contributed by atoms with van der Waals surface area (Å²) in [6.45, 7) is 12.5. The Hall–Kier alpha value is -1.49. The first-order valence-electron chi connectivity index (χ1n) is 5.00. The highest BCUT2D eigenvalue weighted by atomic mass is 15.2. The maximum absolute atomic E-state index is 7.14. The fourth-order valence-electron chi connectivity index (χ4n) is 2.07. The van der Waals surface area contributed by atoms with Crippen LogP contribution in [0.1, 0.15) is 19.4 Å². The standard InChI is InChI=1S/C12H14N2/c1-9(2)14-8-7-10-5-4-6-11(13-3)12(10)14/h4-6,9H,7-8H2,1-2H3. The first-order valence-corrected chi connectivity index (χ1v) is 5.00. The molecule has 2 nitrogen and oxygen atoms in total. The number of anilines is 1. The Morgan fingerprint density at radius 1 is 1.43 bits per heavy atom. The minimum Gasteiger partial charge on any atom is -0.377 e. The van der Waals surface area contributed by atoms with E-state index < -0.39 is 0 Å². The number of fused-ring (bicyclic) bond motifs is 1. The van der Waals surface area contributed by atoms with Crippen molar-refractivity contribution in [2.24, 2.45) is 0 Å². The lowest BCUT2D eigenvalue weighted by atomic mass is 10.1. The van der Waals surface area contributed by atoms with Crippen LogP contribution in [0.5, 0.6) is 0 Å². The van der Waals surface area contributed by atoms with Gasteiger partial charge in [-0.1, -0.05) is 18.2 Å². The van der Waals surface area contributed by atoms with E-state index in [-0.39, 0.29) is 0 Å². The normalized spacial score (nSPS) is 14.3. The second kappa shape index (κ2) is 3.34. The molecule has 1 aliphatic rings. The van der Waals surface area contributed by atoms with Gasteiger partial charge in [-0.25, -0.2) is 4.85 Å². The summed E-state index contributed by atoms with van der Waals surface area (Å²) in [6, 6.07) is 6.51. The van der Waals surface area contributed by atoms with Crippen LogP contribution in [0, 0.1) is 6.57 Å². The molecule has 72 valence electrons. The molecule has 2 rings (SSSR count). The second-order valence-electron chi connectivity index (χ2n) is 3.93. The van der Waals surface area contributed by atoms with Crippen LogP contribution in [-0.4, -0.2) is 12.6 Å². The highest BCUT2D eigenvalue weighted by Gasteiger charge is 2.23. The van der Waals surface area contributed by atoms with Gasteiger partial charge in [0.2, 0.25) is 5.69 Å². The molecule has 0 amide bonds. The Labute approximate surface area is 85.0 Å². The molecule has 2 heteroatoms. The number of nitrogens with zero attached hydrogens (tertiary/aromatic N) is 2. The van der Waals surface area contributed by atoms with Gasteiger partial charge in [0, 0.05) is 18.3 Å². The van der Waals surface area contributed by atoms with Gasteiger partial charge in [0.25, 0.3) is 0 Å². The molecular weight excluding hydrogens is 172 g/mol. The van der Waals surface area contributed by atoms with E-state index in [0.29, 0.717) is 6.04 Å². The zero-order chi connectivity index (χ0) is 10.1. The van der Waals surface area contributed by atoms with Crippen molar-refractivity contribution in [3.05, 3.63) is 35.2 Å². The van der Waals surface area contributed by atoms with Crippen LogP contribution in [0.4, 0.5) is 11.4 Å². The van der Waals surface area contributed by atoms with Crippen molar-refractivity contribution in [2.45, 2.75) is 26.3 Å². The predicted octanol–water partition coefficient (Wildman–Crippen LogP) is 3.01. The summed E-state index contributed by atoms with van der Waals surface area (Å²) in [5.74, 6) is 0. The Balaban J connectivity index is 2.52. The lowest BCUT2D eigenvalue weighted by Crippen LogP contribution is -2.28. The summed E-state index contributed by atoms with van der Waals surface area (Å²) in [5, 5.41) is 0. The third kappa shape index (κ3) is 1.26. The molecule has 1 heterocycles. The summed E-state index contributed by atoms with van der Waals surface area (Å²) in [5.41, 5.74) is 3.29. The molecule has 0 fully saturated rings. The molecule has 0 atom stereocenters. The van der Waals surface area contributed by atoms with Crippen molar-refractivity contribution in [2.75, 3.05) is 11.4 Å². The van der Waals surface area contributed by atoms with Gasteiger partial charge < -0.3 is 4.90 Å². The minimum absolute atomic E-state index is 0.485. The number of rotatable bonds is 1. The highest BCUT2D eigenvalue weighted by molar-refractivity contribution is 5.77. The Morgan fingerprint density at radius 2 is 2.21 bits per heavy atom. The number of benzene rings is 1. The van der Waals surface area contributed by atoms with Crippen LogP contribution >= 0.6 is 0 Å². The maximum Gasteiger partial charge on any atom is 0.210 e. The average Bonchev–Trinajstić information content (AvgIpc) is 2.60. The fourth-order valence-corrected chi connectivity index (χ4v) is 2.07. The molecule has 0 bridgehead atoms. The van der Waals surface area contributed by atoms with Crippen molar-refractivity contribution in [1.82, 2.24) is 0 Å². The fraction of sp³-hybridized carbons (Fsp3) is 0.417. The van der Waals surface area contributed by atoms with E-state index in [9.17, 15) is 0 Å². The number of hydrogen-bond acceptors (Lipinski definition) is 1. The van der Waals surface area contributed by atoms with E-state index in [1.165, 1.54) is 5.56 Å². The summed E-state index contributed by atoms with van der Waals surface area (Å²) in [6.07, 6.45) is 1.08. The van der Waals surface area contributed by atoms with E-state index in [2.05, 4.69) is 29.7 Å². The molecule has 0 aliphatic carbocycles. The summed E-state index contributed by atoms with van der Waals surface area (Å²) in [4.78, 5) is 5.91. The SMILES string of the molecule is [C-]#[N+]c1cccc2c1N(C(C)C)CC2. The van der Waals surface area contributed by atoms with Gasteiger partial charge >= 0.3 is 0 Å². The second-order valence-corrected chi connectivity index (χ2v) is 3.93.